The summed E-state index contributed by atoms with van der Waals surface area (Å²) in [5, 5.41) is 0.664. The second kappa shape index (κ2) is 7.72. The van der Waals surface area contributed by atoms with Crippen LogP contribution < -0.4 is 0 Å². The number of hydrogen-bond donors (Lipinski definition) is 0. The second-order valence-corrected chi connectivity index (χ2v) is 6.67. The summed E-state index contributed by atoms with van der Waals surface area (Å²) in [7, 11) is 1.62. The number of amides is 1. The van der Waals surface area contributed by atoms with Crippen LogP contribution in [-0.2, 0) is 9.53 Å². The van der Waals surface area contributed by atoms with E-state index in [9.17, 15) is 4.79 Å². The topological polar surface area (TPSA) is 55.0 Å². The van der Waals surface area contributed by atoms with Crippen LogP contribution in [0.1, 0.15) is 17.1 Å². The molecule has 1 aliphatic heterocycles. The van der Waals surface area contributed by atoms with Crippen LogP contribution in [0.5, 0.6) is 0 Å². The first-order valence-corrected chi connectivity index (χ1v) is 8.81. The van der Waals surface area contributed by atoms with Crippen LogP contribution >= 0.6 is 11.8 Å². The van der Waals surface area contributed by atoms with Crippen LogP contribution in [-0.4, -0.2) is 36.2 Å². The minimum absolute atomic E-state index is 0.0602. The molecule has 2 heterocycles. The fourth-order valence-electron chi connectivity index (χ4n) is 2.52. The molecule has 1 saturated heterocycles. The Bertz CT molecular complexity index is 824. The van der Waals surface area contributed by atoms with E-state index in [0.29, 0.717) is 23.2 Å². The van der Waals surface area contributed by atoms with Gasteiger partial charge in [-0.1, -0.05) is 18.2 Å². The van der Waals surface area contributed by atoms with Gasteiger partial charge in [0, 0.05) is 12.7 Å². The number of rotatable bonds is 5. The number of hydrogen-bond acceptors (Lipinski definition) is 5. The van der Waals surface area contributed by atoms with E-state index in [1.807, 2.05) is 56.3 Å². The SMILES string of the molecule is COCCN1C(=O)/C(=C/c2cc(C)oc2C)SC1=Nc1ccccc1. The minimum Gasteiger partial charge on any atom is -0.466 e. The molecule has 25 heavy (non-hydrogen) atoms. The van der Waals surface area contributed by atoms with Crippen LogP contribution in [0.4, 0.5) is 5.69 Å². The molecule has 1 fully saturated rings. The Morgan fingerprint density at radius 3 is 2.68 bits per heavy atom. The van der Waals surface area contributed by atoms with Gasteiger partial charge in [0.2, 0.25) is 0 Å². The van der Waals surface area contributed by atoms with Crippen LogP contribution in [0.2, 0.25) is 0 Å². The molecule has 1 aromatic heterocycles. The molecule has 0 atom stereocenters. The zero-order valence-corrected chi connectivity index (χ0v) is 15.3. The van der Waals surface area contributed by atoms with Crippen LogP contribution in [0.15, 0.2) is 50.7 Å². The Kier molecular flexibility index (Phi) is 5.40. The van der Waals surface area contributed by atoms with Crippen molar-refractivity contribution in [2.24, 2.45) is 4.99 Å². The Labute approximate surface area is 151 Å². The van der Waals surface area contributed by atoms with E-state index in [1.165, 1.54) is 11.8 Å². The molecule has 1 amide bonds. The van der Waals surface area contributed by atoms with Gasteiger partial charge in [-0.25, -0.2) is 4.99 Å². The molecule has 1 aromatic carbocycles. The molecule has 6 heteroatoms. The lowest BCUT2D eigenvalue weighted by atomic mass is 10.2. The molecule has 0 saturated carbocycles. The second-order valence-electron chi connectivity index (χ2n) is 5.66. The first kappa shape index (κ1) is 17.5. The molecular formula is C19H20N2O3S. The average molecular weight is 356 g/mol. The van der Waals surface area contributed by atoms with Gasteiger partial charge in [-0.15, -0.1) is 0 Å². The summed E-state index contributed by atoms with van der Waals surface area (Å²) in [6.45, 7) is 4.71. The maximum atomic E-state index is 12.8. The molecule has 1 aliphatic rings. The highest BCUT2D eigenvalue weighted by molar-refractivity contribution is 8.18. The number of carbonyl (C=O) groups excluding carboxylic acids is 1. The van der Waals surface area contributed by atoms with Crippen LogP contribution in [0, 0.1) is 13.8 Å². The lowest BCUT2D eigenvalue weighted by Crippen LogP contribution is -2.32. The summed E-state index contributed by atoms with van der Waals surface area (Å²) in [4.78, 5) is 19.7. The van der Waals surface area contributed by atoms with Gasteiger partial charge in [-0.05, 0) is 49.9 Å². The highest BCUT2D eigenvalue weighted by Crippen LogP contribution is 2.34. The van der Waals surface area contributed by atoms with Crippen molar-refractivity contribution in [1.29, 1.82) is 0 Å². The van der Waals surface area contributed by atoms with Crippen molar-refractivity contribution >= 4 is 34.6 Å². The summed E-state index contributed by atoms with van der Waals surface area (Å²) >= 11 is 1.38. The minimum atomic E-state index is -0.0602. The van der Waals surface area contributed by atoms with E-state index < -0.39 is 0 Å². The van der Waals surface area contributed by atoms with E-state index in [2.05, 4.69) is 4.99 Å². The van der Waals surface area contributed by atoms with Gasteiger partial charge in [0.05, 0.1) is 23.7 Å². The number of para-hydroxylation sites is 1. The molecule has 0 N–H and O–H groups in total. The van der Waals surface area contributed by atoms with Gasteiger partial charge >= 0.3 is 0 Å². The quantitative estimate of drug-likeness (QED) is 0.755. The zero-order valence-electron chi connectivity index (χ0n) is 14.5. The fourth-order valence-corrected chi connectivity index (χ4v) is 3.53. The predicted molar refractivity (Wildman–Crippen MR) is 101 cm³/mol. The maximum absolute atomic E-state index is 12.8. The first-order valence-electron chi connectivity index (χ1n) is 7.99. The van der Waals surface area contributed by atoms with Crippen LogP contribution in [0.3, 0.4) is 0 Å². The molecule has 5 nitrogen and oxygen atoms in total. The van der Waals surface area contributed by atoms with Crippen molar-refractivity contribution < 1.29 is 13.9 Å². The molecule has 0 radical (unpaired) electrons. The van der Waals surface area contributed by atoms with Crippen molar-refractivity contribution in [3.63, 3.8) is 0 Å². The summed E-state index contributed by atoms with van der Waals surface area (Å²) < 4.78 is 10.7. The number of methoxy groups -OCH3 is 1. The van der Waals surface area contributed by atoms with Gasteiger partial charge in [0.25, 0.3) is 5.91 Å². The standard InChI is InChI=1S/C19H20N2O3S/c1-13-11-15(14(2)24-13)12-17-18(22)21(9-10-23-3)19(25-17)20-16-7-5-4-6-8-16/h4-8,11-12H,9-10H2,1-3H3/b17-12-,20-19?. The lowest BCUT2D eigenvalue weighted by Gasteiger charge is -2.14. The average Bonchev–Trinajstić information content (AvgIpc) is 3.06. The first-order chi connectivity index (χ1) is 12.1. The van der Waals surface area contributed by atoms with E-state index in [4.69, 9.17) is 9.15 Å². The highest BCUT2D eigenvalue weighted by Gasteiger charge is 2.33. The van der Waals surface area contributed by atoms with Gasteiger partial charge < -0.3 is 9.15 Å². The number of furan rings is 1. The predicted octanol–water partition coefficient (Wildman–Crippen LogP) is 4.15. The summed E-state index contributed by atoms with van der Waals surface area (Å²) in [5.41, 5.74) is 1.73. The highest BCUT2D eigenvalue weighted by atomic mass is 32.2. The number of benzene rings is 1. The number of aliphatic imine (C=N–C) groups is 1. The van der Waals surface area contributed by atoms with E-state index >= 15 is 0 Å². The third-order valence-electron chi connectivity index (χ3n) is 3.75. The van der Waals surface area contributed by atoms with Gasteiger partial charge in [-0.2, -0.15) is 0 Å². The lowest BCUT2D eigenvalue weighted by molar-refractivity contribution is -0.122. The van der Waals surface area contributed by atoms with Crippen molar-refractivity contribution in [3.05, 3.63) is 58.4 Å². The van der Waals surface area contributed by atoms with Crippen LogP contribution in [0.25, 0.3) is 6.08 Å². The third-order valence-corrected chi connectivity index (χ3v) is 4.76. The number of amidine groups is 1. The Morgan fingerprint density at radius 2 is 2.04 bits per heavy atom. The molecule has 130 valence electrons. The molecule has 0 bridgehead atoms. The Balaban J connectivity index is 1.93. The Morgan fingerprint density at radius 1 is 1.28 bits per heavy atom. The normalized spacial score (nSPS) is 17.9. The van der Waals surface area contributed by atoms with Crippen molar-refractivity contribution in [3.8, 4) is 0 Å². The molecule has 0 spiro atoms. The van der Waals surface area contributed by atoms with Gasteiger partial charge in [-0.3, -0.25) is 9.69 Å². The smallest absolute Gasteiger partial charge is 0.266 e. The molecule has 0 unspecified atom stereocenters. The monoisotopic (exact) mass is 356 g/mol. The van der Waals surface area contributed by atoms with Crippen molar-refractivity contribution in [1.82, 2.24) is 4.90 Å². The molecule has 0 aliphatic carbocycles. The van der Waals surface area contributed by atoms with E-state index in [0.717, 1.165) is 22.8 Å². The maximum Gasteiger partial charge on any atom is 0.266 e. The number of thioether (sulfide) groups is 1. The van der Waals surface area contributed by atoms with Gasteiger partial charge in [0.15, 0.2) is 5.17 Å². The fraction of sp³-hybridized carbons (Fsp3) is 0.263. The van der Waals surface area contributed by atoms with Gasteiger partial charge in [0.1, 0.15) is 11.5 Å². The number of ether oxygens (including phenoxy) is 1. The van der Waals surface area contributed by atoms with E-state index in [-0.39, 0.29) is 5.91 Å². The van der Waals surface area contributed by atoms with E-state index in [1.54, 1.807) is 12.0 Å². The molecule has 3 rings (SSSR count). The summed E-state index contributed by atoms with van der Waals surface area (Å²) in [6, 6.07) is 11.6. The third kappa shape index (κ3) is 4.03. The summed E-state index contributed by atoms with van der Waals surface area (Å²) in [6.07, 6.45) is 1.87. The molecular weight excluding hydrogens is 336 g/mol. The molecule has 2 aromatic rings. The largest absolute Gasteiger partial charge is 0.466 e. The summed E-state index contributed by atoms with van der Waals surface area (Å²) in [5.74, 6) is 1.57. The number of carbonyl (C=O) groups is 1. The zero-order chi connectivity index (χ0) is 17.8. The number of aryl methyl sites for hydroxylation is 2. The van der Waals surface area contributed by atoms with Crippen molar-refractivity contribution in [2.75, 3.05) is 20.3 Å². The Hall–Kier alpha value is -2.31. The number of nitrogens with zero attached hydrogens (tertiary/aromatic N) is 2. The van der Waals surface area contributed by atoms with Crippen molar-refractivity contribution in [2.45, 2.75) is 13.8 Å².